The number of para-hydroxylation sites is 4. The third-order valence-corrected chi connectivity index (χ3v) is 5.86. The van der Waals surface area contributed by atoms with Crippen molar-refractivity contribution < 1.29 is 28.8 Å². The number of hydrogen-bond acceptors (Lipinski definition) is 6. The summed E-state index contributed by atoms with van der Waals surface area (Å²) in [4.78, 5) is 0. The molecular weight excluding hydrogens is 444 g/mol. The fourth-order valence-electron chi connectivity index (χ4n) is 3.94. The minimum Gasteiger partial charge on any atom is -0.487 e. The Hall–Kier alpha value is -3.22. The molecular formula is C29H34O6. The molecule has 0 spiro atoms. The molecule has 0 fully saturated rings. The summed E-state index contributed by atoms with van der Waals surface area (Å²) in [7, 11) is 0. The Morgan fingerprint density at radius 1 is 0.571 bits per heavy atom. The topological polar surface area (TPSA) is 66.4 Å². The van der Waals surface area contributed by atoms with Crippen molar-refractivity contribution in [3.8, 4) is 23.0 Å². The quantitative estimate of drug-likeness (QED) is 0.516. The number of aliphatic hydroxyl groups is 1. The molecule has 0 radical (unpaired) electrons. The summed E-state index contributed by atoms with van der Waals surface area (Å²) in [6.07, 6.45) is 3.31. The van der Waals surface area contributed by atoms with Gasteiger partial charge in [0.15, 0.2) is 23.0 Å². The third-order valence-electron chi connectivity index (χ3n) is 5.86. The molecule has 0 amide bonds. The predicted molar refractivity (Wildman–Crippen MR) is 135 cm³/mol. The number of benzene rings is 3. The molecule has 1 heterocycles. The molecule has 1 N–H and O–H groups in total. The summed E-state index contributed by atoms with van der Waals surface area (Å²) in [6.45, 7) is 1.81. The fourth-order valence-corrected chi connectivity index (χ4v) is 3.94. The molecule has 0 saturated heterocycles. The lowest BCUT2D eigenvalue weighted by Gasteiger charge is -2.29. The standard InChI is InChI=1S/C29H34O6/c30-29(17-9-8-12-24-10-2-1-3-11-24)22-34-27-15-6-4-13-25(27)32-20-18-31-19-21-33-26-14-5-7-16-28(26)35-23-29/h1-7,10-11,13-16,30H,8-9,12,17-23H2. The minimum atomic E-state index is -1.18. The normalized spacial score (nSPS) is 16.4. The average molecular weight is 479 g/mol. The van der Waals surface area contributed by atoms with E-state index in [1.165, 1.54) is 5.56 Å². The first kappa shape index (κ1) is 24.9. The lowest BCUT2D eigenvalue weighted by atomic mass is 9.96. The molecule has 6 nitrogen and oxygen atoms in total. The van der Waals surface area contributed by atoms with E-state index >= 15 is 0 Å². The van der Waals surface area contributed by atoms with Gasteiger partial charge in [-0.3, -0.25) is 0 Å². The lowest BCUT2D eigenvalue weighted by Crippen LogP contribution is -2.42. The van der Waals surface area contributed by atoms with Crippen LogP contribution in [0.25, 0.3) is 0 Å². The zero-order chi connectivity index (χ0) is 24.2. The van der Waals surface area contributed by atoms with Gasteiger partial charge in [0, 0.05) is 0 Å². The lowest BCUT2D eigenvalue weighted by molar-refractivity contribution is -0.0485. The van der Waals surface area contributed by atoms with E-state index in [0.29, 0.717) is 55.8 Å². The Kier molecular flexibility index (Phi) is 9.26. The van der Waals surface area contributed by atoms with Crippen LogP contribution < -0.4 is 18.9 Å². The van der Waals surface area contributed by atoms with Crippen LogP contribution in [-0.2, 0) is 11.2 Å². The first-order valence-corrected chi connectivity index (χ1v) is 12.3. The second-order valence-electron chi connectivity index (χ2n) is 8.70. The molecule has 4 rings (SSSR count). The van der Waals surface area contributed by atoms with Gasteiger partial charge in [0.2, 0.25) is 0 Å². The van der Waals surface area contributed by atoms with Crippen molar-refractivity contribution in [3.63, 3.8) is 0 Å². The SMILES string of the molecule is OC1(CCCCc2ccccc2)COc2ccccc2OCCOCCOc2ccccc2OC1. The maximum Gasteiger partial charge on any atom is 0.161 e. The van der Waals surface area contributed by atoms with Gasteiger partial charge in [-0.15, -0.1) is 0 Å². The van der Waals surface area contributed by atoms with Crippen LogP contribution in [0.15, 0.2) is 78.9 Å². The smallest absolute Gasteiger partial charge is 0.161 e. The summed E-state index contributed by atoms with van der Waals surface area (Å²) in [6, 6.07) is 25.4. The van der Waals surface area contributed by atoms with Crippen molar-refractivity contribution in [3.05, 3.63) is 84.4 Å². The fraction of sp³-hybridized carbons (Fsp3) is 0.379. The zero-order valence-electron chi connectivity index (χ0n) is 20.1. The Morgan fingerprint density at radius 3 is 1.60 bits per heavy atom. The van der Waals surface area contributed by atoms with Crippen molar-refractivity contribution in [1.82, 2.24) is 0 Å². The molecule has 0 unspecified atom stereocenters. The van der Waals surface area contributed by atoms with Gasteiger partial charge in [-0.1, -0.05) is 54.6 Å². The van der Waals surface area contributed by atoms with Gasteiger partial charge in [0.05, 0.1) is 13.2 Å². The number of ether oxygens (including phenoxy) is 5. The van der Waals surface area contributed by atoms with E-state index in [2.05, 4.69) is 24.3 Å². The van der Waals surface area contributed by atoms with Crippen molar-refractivity contribution >= 4 is 0 Å². The van der Waals surface area contributed by atoms with Crippen LogP contribution >= 0.6 is 0 Å². The zero-order valence-corrected chi connectivity index (χ0v) is 20.1. The highest BCUT2D eigenvalue weighted by atomic mass is 16.6. The molecule has 0 aromatic heterocycles. The Morgan fingerprint density at radius 2 is 1.06 bits per heavy atom. The van der Waals surface area contributed by atoms with Gasteiger partial charge < -0.3 is 28.8 Å². The van der Waals surface area contributed by atoms with Crippen LogP contribution in [0.4, 0.5) is 0 Å². The average Bonchev–Trinajstić information content (AvgIpc) is 2.89. The third kappa shape index (κ3) is 7.91. The number of hydrogen-bond donors (Lipinski definition) is 1. The minimum absolute atomic E-state index is 0.0816. The van der Waals surface area contributed by atoms with E-state index in [0.717, 1.165) is 19.3 Å². The van der Waals surface area contributed by atoms with Gasteiger partial charge in [-0.2, -0.15) is 0 Å². The van der Waals surface area contributed by atoms with Crippen molar-refractivity contribution in [2.24, 2.45) is 0 Å². The summed E-state index contributed by atoms with van der Waals surface area (Å²) in [5.41, 5.74) is 0.114. The van der Waals surface area contributed by atoms with E-state index in [1.807, 2.05) is 54.6 Å². The monoisotopic (exact) mass is 478 g/mol. The predicted octanol–water partition coefficient (Wildman–Crippen LogP) is 5.08. The van der Waals surface area contributed by atoms with Crippen LogP contribution in [-0.4, -0.2) is 50.3 Å². The summed E-state index contributed by atoms with van der Waals surface area (Å²) in [5, 5.41) is 11.6. The summed E-state index contributed by atoms with van der Waals surface area (Å²) in [5.74, 6) is 2.42. The summed E-state index contributed by atoms with van der Waals surface area (Å²) >= 11 is 0. The van der Waals surface area contributed by atoms with E-state index < -0.39 is 5.60 Å². The molecule has 3 aromatic rings. The molecule has 1 aliphatic heterocycles. The van der Waals surface area contributed by atoms with Gasteiger partial charge in [0.1, 0.15) is 32.0 Å². The number of unbranched alkanes of at least 4 members (excludes halogenated alkanes) is 1. The second-order valence-corrected chi connectivity index (χ2v) is 8.70. The van der Waals surface area contributed by atoms with Crippen LogP contribution in [0.3, 0.4) is 0 Å². The number of fused-ring (bicyclic) bond motifs is 2. The maximum absolute atomic E-state index is 11.6. The highest BCUT2D eigenvalue weighted by Crippen LogP contribution is 2.31. The molecule has 0 saturated carbocycles. The molecule has 0 aliphatic carbocycles. The molecule has 35 heavy (non-hydrogen) atoms. The Balaban J connectivity index is 1.46. The van der Waals surface area contributed by atoms with Gasteiger partial charge in [0.25, 0.3) is 0 Å². The van der Waals surface area contributed by atoms with Gasteiger partial charge in [-0.25, -0.2) is 0 Å². The van der Waals surface area contributed by atoms with E-state index in [9.17, 15) is 5.11 Å². The van der Waals surface area contributed by atoms with E-state index in [4.69, 9.17) is 23.7 Å². The van der Waals surface area contributed by atoms with Gasteiger partial charge in [-0.05, 0) is 55.5 Å². The molecule has 0 atom stereocenters. The van der Waals surface area contributed by atoms with E-state index in [-0.39, 0.29) is 13.2 Å². The molecule has 186 valence electrons. The molecule has 6 heteroatoms. The maximum atomic E-state index is 11.6. The molecule has 3 aromatic carbocycles. The van der Waals surface area contributed by atoms with Gasteiger partial charge >= 0.3 is 0 Å². The molecule has 0 bridgehead atoms. The van der Waals surface area contributed by atoms with Crippen LogP contribution in [0.5, 0.6) is 23.0 Å². The van der Waals surface area contributed by atoms with Crippen LogP contribution in [0, 0.1) is 0 Å². The van der Waals surface area contributed by atoms with Crippen LogP contribution in [0.2, 0.25) is 0 Å². The first-order valence-electron chi connectivity index (χ1n) is 12.3. The largest absolute Gasteiger partial charge is 0.487 e. The summed E-state index contributed by atoms with van der Waals surface area (Å²) < 4.78 is 29.5. The Labute approximate surface area is 207 Å². The number of rotatable bonds is 5. The number of aryl methyl sites for hydroxylation is 1. The first-order chi connectivity index (χ1) is 17.2. The Bertz CT molecular complexity index is 967. The van der Waals surface area contributed by atoms with Crippen molar-refractivity contribution in [2.45, 2.75) is 31.3 Å². The molecule has 1 aliphatic rings. The highest BCUT2D eigenvalue weighted by Gasteiger charge is 2.30. The van der Waals surface area contributed by atoms with E-state index in [1.54, 1.807) is 0 Å². The van der Waals surface area contributed by atoms with Crippen molar-refractivity contribution in [2.75, 3.05) is 39.6 Å². The highest BCUT2D eigenvalue weighted by molar-refractivity contribution is 5.40. The second kappa shape index (κ2) is 13.0. The van der Waals surface area contributed by atoms with Crippen molar-refractivity contribution in [1.29, 1.82) is 0 Å². The van der Waals surface area contributed by atoms with Crippen LogP contribution in [0.1, 0.15) is 24.8 Å².